The average Bonchev–Trinajstić information content (AvgIpc) is 2.61. The summed E-state index contributed by atoms with van der Waals surface area (Å²) in [5.74, 6) is 0. The van der Waals surface area contributed by atoms with Gasteiger partial charge in [-0.3, -0.25) is 0 Å². The largest absolute Gasteiger partial charge is 0.275 e. The van der Waals surface area contributed by atoms with Crippen molar-refractivity contribution in [2.75, 3.05) is 0 Å². The summed E-state index contributed by atoms with van der Waals surface area (Å²) in [6, 6.07) is 10.7. The van der Waals surface area contributed by atoms with Crippen LogP contribution in [0, 0.1) is 6.92 Å². The fraction of sp³-hybridized carbons (Fsp3) is 0.0833. The third kappa shape index (κ3) is 0.976. The Labute approximate surface area is 86.2 Å². The van der Waals surface area contributed by atoms with Crippen LogP contribution in [0.5, 0.6) is 0 Å². The molecule has 0 N–H and O–H groups in total. The van der Waals surface area contributed by atoms with Crippen molar-refractivity contribution in [2.45, 2.75) is 6.92 Å². The molecule has 0 saturated heterocycles. The molecule has 0 amide bonds. The molecule has 0 fully saturated rings. The van der Waals surface area contributed by atoms with Crippen LogP contribution in [0.3, 0.4) is 0 Å². The summed E-state index contributed by atoms with van der Waals surface area (Å²) < 4.78 is 2.24. The minimum atomic E-state index is 1.30. The number of pyridine rings is 1. The Morgan fingerprint density at radius 3 is 2.93 bits per heavy atom. The molecule has 2 heteroatoms. The van der Waals surface area contributed by atoms with Crippen LogP contribution in [-0.2, 0) is 0 Å². The van der Waals surface area contributed by atoms with Gasteiger partial charge < -0.3 is 0 Å². The number of fused-ring (bicyclic) bond motifs is 3. The Morgan fingerprint density at radius 2 is 2.00 bits per heavy atom. The van der Waals surface area contributed by atoms with E-state index in [0.29, 0.717) is 0 Å². The molecule has 3 aromatic rings. The fourth-order valence-electron chi connectivity index (χ4n) is 1.79. The van der Waals surface area contributed by atoms with E-state index < -0.39 is 0 Å². The lowest BCUT2D eigenvalue weighted by Gasteiger charge is -1.93. The maximum Gasteiger partial charge on any atom is 0.275 e. The van der Waals surface area contributed by atoms with Gasteiger partial charge in [0.15, 0.2) is 11.9 Å². The fourth-order valence-corrected chi connectivity index (χ4v) is 2.81. The molecule has 0 spiro atoms. The van der Waals surface area contributed by atoms with E-state index >= 15 is 0 Å². The molecule has 68 valence electrons. The van der Waals surface area contributed by atoms with Crippen LogP contribution in [-0.4, -0.2) is 0 Å². The predicted molar refractivity (Wildman–Crippen MR) is 59.7 cm³/mol. The number of aromatic nitrogens is 1. The summed E-state index contributed by atoms with van der Waals surface area (Å²) in [4.78, 5) is 1.33. The van der Waals surface area contributed by atoms with E-state index in [1.807, 2.05) is 0 Å². The molecule has 2 heterocycles. The summed E-state index contributed by atoms with van der Waals surface area (Å²) >= 11 is 1.81. The molecule has 14 heavy (non-hydrogen) atoms. The predicted octanol–water partition coefficient (Wildman–Crippen LogP) is 2.95. The van der Waals surface area contributed by atoms with Crippen molar-refractivity contribution >= 4 is 26.9 Å². The molecule has 0 radical (unpaired) electrons. The van der Waals surface area contributed by atoms with E-state index in [0.717, 1.165) is 0 Å². The van der Waals surface area contributed by atoms with E-state index in [4.69, 9.17) is 0 Å². The zero-order valence-corrected chi connectivity index (χ0v) is 8.71. The highest BCUT2D eigenvalue weighted by Crippen LogP contribution is 2.20. The molecule has 1 aromatic carbocycles. The van der Waals surface area contributed by atoms with Crippen molar-refractivity contribution in [1.82, 2.24) is 0 Å². The van der Waals surface area contributed by atoms with Gasteiger partial charge in [-0.2, -0.15) is 4.40 Å². The number of nitrogens with zero attached hydrogens (tertiary/aromatic N) is 1. The zero-order chi connectivity index (χ0) is 9.54. The average molecular weight is 200 g/mol. The quantitative estimate of drug-likeness (QED) is 0.491. The van der Waals surface area contributed by atoms with E-state index in [9.17, 15) is 0 Å². The molecule has 0 atom stereocenters. The van der Waals surface area contributed by atoms with Gasteiger partial charge in [0.05, 0.1) is 10.8 Å². The van der Waals surface area contributed by atoms with Crippen LogP contribution in [0.1, 0.15) is 5.69 Å². The maximum absolute atomic E-state index is 2.24. The van der Waals surface area contributed by atoms with Crippen LogP contribution < -0.4 is 4.40 Å². The monoisotopic (exact) mass is 200 g/mol. The Balaban J connectivity index is 2.61. The highest BCUT2D eigenvalue weighted by atomic mass is 32.1. The minimum Gasteiger partial charge on any atom is -0.154 e. The molecule has 3 rings (SSSR count). The van der Waals surface area contributed by atoms with Crippen molar-refractivity contribution in [3.63, 3.8) is 0 Å². The topological polar surface area (TPSA) is 4.10 Å². The normalized spacial score (nSPS) is 11.2. The van der Waals surface area contributed by atoms with E-state index in [1.165, 1.54) is 21.3 Å². The lowest BCUT2D eigenvalue weighted by Crippen LogP contribution is -2.20. The summed E-state index contributed by atoms with van der Waals surface area (Å²) in [6.45, 7) is 2.14. The van der Waals surface area contributed by atoms with Gasteiger partial charge in [-0.05, 0) is 11.5 Å². The van der Waals surface area contributed by atoms with Crippen molar-refractivity contribution < 1.29 is 4.40 Å². The molecule has 0 bridgehead atoms. The first-order chi connectivity index (χ1) is 6.86. The lowest BCUT2D eigenvalue weighted by molar-refractivity contribution is -0.514. The van der Waals surface area contributed by atoms with Crippen LogP contribution in [0.2, 0.25) is 0 Å². The van der Waals surface area contributed by atoms with E-state index in [-0.39, 0.29) is 0 Å². The molecule has 0 unspecified atom stereocenters. The summed E-state index contributed by atoms with van der Waals surface area (Å²) in [5.41, 5.74) is 1.30. The second-order valence-electron chi connectivity index (χ2n) is 3.46. The van der Waals surface area contributed by atoms with Gasteiger partial charge in [0.25, 0.3) is 4.83 Å². The molecule has 0 aliphatic rings. The number of thiazole rings is 1. The molecular weight excluding hydrogens is 190 g/mol. The third-order valence-electron chi connectivity index (χ3n) is 2.53. The summed E-state index contributed by atoms with van der Waals surface area (Å²) in [7, 11) is 0. The zero-order valence-electron chi connectivity index (χ0n) is 7.90. The van der Waals surface area contributed by atoms with Gasteiger partial charge in [0, 0.05) is 13.0 Å². The molecular formula is C12H10NS+. The van der Waals surface area contributed by atoms with Gasteiger partial charge in [0.2, 0.25) is 0 Å². The number of benzene rings is 1. The van der Waals surface area contributed by atoms with E-state index in [2.05, 4.69) is 53.2 Å². The van der Waals surface area contributed by atoms with Crippen LogP contribution in [0.25, 0.3) is 15.6 Å². The Hall–Kier alpha value is -1.41. The van der Waals surface area contributed by atoms with Crippen molar-refractivity contribution in [1.29, 1.82) is 0 Å². The van der Waals surface area contributed by atoms with Gasteiger partial charge >= 0.3 is 0 Å². The smallest absolute Gasteiger partial charge is 0.154 e. The Bertz CT molecular complexity index is 610. The second-order valence-corrected chi connectivity index (χ2v) is 4.31. The molecule has 0 aliphatic heterocycles. The van der Waals surface area contributed by atoms with Gasteiger partial charge in [0.1, 0.15) is 0 Å². The van der Waals surface area contributed by atoms with Gasteiger partial charge in [-0.1, -0.05) is 29.5 Å². The van der Waals surface area contributed by atoms with Crippen LogP contribution in [0.15, 0.2) is 41.9 Å². The lowest BCUT2D eigenvalue weighted by atomic mass is 10.2. The number of hydrogen-bond donors (Lipinski definition) is 0. The summed E-state index contributed by atoms with van der Waals surface area (Å²) in [6.07, 6.45) is 2.14. The second kappa shape index (κ2) is 2.79. The number of hydrogen-bond acceptors (Lipinski definition) is 1. The number of aryl methyl sites for hydroxylation is 1. The summed E-state index contributed by atoms with van der Waals surface area (Å²) in [5, 5.41) is 4.85. The molecule has 1 nitrogen and oxygen atoms in total. The highest BCUT2D eigenvalue weighted by Gasteiger charge is 2.11. The first-order valence-corrected chi connectivity index (χ1v) is 5.51. The van der Waals surface area contributed by atoms with Gasteiger partial charge in [-0.15, -0.1) is 0 Å². The maximum atomic E-state index is 2.24. The van der Waals surface area contributed by atoms with Crippen molar-refractivity contribution in [2.24, 2.45) is 0 Å². The Morgan fingerprint density at radius 1 is 1.14 bits per heavy atom. The third-order valence-corrected chi connectivity index (χ3v) is 3.63. The first-order valence-electron chi connectivity index (χ1n) is 4.63. The molecule has 0 aliphatic carbocycles. The highest BCUT2D eigenvalue weighted by molar-refractivity contribution is 7.16. The SMILES string of the molecule is Cc1csc2c3ccccc3cc[n+]12. The Kier molecular flexibility index (Phi) is 1.58. The first kappa shape index (κ1) is 7.94. The standard InChI is InChI=1S/C12H10NS/c1-9-8-14-12-11-5-3-2-4-10(11)6-7-13(9)12/h2-8H,1H3/q+1. The number of rotatable bonds is 0. The van der Waals surface area contributed by atoms with E-state index in [1.54, 1.807) is 11.3 Å². The minimum absolute atomic E-state index is 1.30. The molecule has 2 aromatic heterocycles. The van der Waals surface area contributed by atoms with Crippen molar-refractivity contribution in [3.05, 3.63) is 47.6 Å². The van der Waals surface area contributed by atoms with Crippen LogP contribution >= 0.6 is 11.3 Å². The van der Waals surface area contributed by atoms with Crippen molar-refractivity contribution in [3.8, 4) is 0 Å². The van der Waals surface area contributed by atoms with Crippen LogP contribution in [0.4, 0.5) is 0 Å². The van der Waals surface area contributed by atoms with Gasteiger partial charge in [-0.25, -0.2) is 0 Å². The molecule has 0 saturated carbocycles.